The normalized spacial score (nSPS) is 22.1. The summed E-state index contributed by atoms with van der Waals surface area (Å²) in [6.07, 6.45) is 6.96. The van der Waals surface area contributed by atoms with E-state index in [1.54, 1.807) is 0 Å². The molecule has 0 bridgehead atoms. The summed E-state index contributed by atoms with van der Waals surface area (Å²) in [5.74, 6) is 0.183. The van der Waals surface area contributed by atoms with Gasteiger partial charge in [0.15, 0.2) is 6.21 Å². The van der Waals surface area contributed by atoms with Crippen molar-refractivity contribution in [2.24, 2.45) is 5.41 Å². The highest BCUT2D eigenvalue weighted by Gasteiger charge is 2.53. The highest BCUT2D eigenvalue weighted by Crippen LogP contribution is 2.31. The Hall–Kier alpha value is -2.68. The molecule has 1 amide bonds. The molecule has 0 unspecified atom stereocenters. The Morgan fingerprint density at radius 2 is 1.59 bits per heavy atom. The van der Waals surface area contributed by atoms with Crippen molar-refractivity contribution in [3.8, 4) is 0 Å². The van der Waals surface area contributed by atoms with Gasteiger partial charge in [0.05, 0.1) is 0 Å². The van der Waals surface area contributed by atoms with Gasteiger partial charge in [0, 0.05) is 25.0 Å². The van der Waals surface area contributed by atoms with E-state index in [0.717, 1.165) is 5.56 Å². The second-order valence-corrected chi connectivity index (χ2v) is 8.26. The summed E-state index contributed by atoms with van der Waals surface area (Å²) in [6.45, 7) is 6.57. The Kier molecular flexibility index (Phi) is 5.59. The smallest absolute Gasteiger partial charge is 0.282 e. The lowest BCUT2D eigenvalue weighted by Gasteiger charge is -2.27. The number of carbonyl (C=O) groups excluding carboxylic acids is 1. The van der Waals surface area contributed by atoms with Crippen LogP contribution in [0.5, 0.6) is 0 Å². The van der Waals surface area contributed by atoms with Crippen LogP contribution < -0.4 is 0 Å². The third-order valence-electron chi connectivity index (χ3n) is 5.03. The first kappa shape index (κ1) is 19.1. The van der Waals surface area contributed by atoms with E-state index in [9.17, 15) is 4.79 Å². The quantitative estimate of drug-likeness (QED) is 0.747. The van der Waals surface area contributed by atoms with E-state index in [-0.39, 0.29) is 23.5 Å². The molecule has 0 saturated carbocycles. The van der Waals surface area contributed by atoms with Crippen LogP contribution in [0.3, 0.4) is 0 Å². The van der Waals surface area contributed by atoms with Gasteiger partial charge in [-0.05, 0) is 17.2 Å². The van der Waals surface area contributed by atoms with E-state index in [1.807, 2.05) is 48.3 Å². The monoisotopic (exact) mass is 361 g/mol. The van der Waals surface area contributed by atoms with Crippen LogP contribution in [0.1, 0.15) is 31.9 Å². The van der Waals surface area contributed by atoms with Gasteiger partial charge in [-0.25, -0.2) is 4.58 Å². The largest absolute Gasteiger partial charge is 0.296 e. The standard InChI is InChI=1S/C24H29N2O/c1-24(2,3)23-25(4)22(27)21(18-20-14-9-6-10-15-20)26(23)17-11-16-19-12-7-5-8-13-19/h5-17,21,23H,18H2,1-4H3/q+1/b16-11+,26-17+/t21-,23+/m0/s1. The van der Waals surface area contributed by atoms with Crippen LogP contribution in [-0.4, -0.2) is 40.9 Å². The maximum absolute atomic E-state index is 13.1. The molecule has 1 heterocycles. The third kappa shape index (κ3) is 4.36. The molecule has 0 aliphatic carbocycles. The first-order chi connectivity index (χ1) is 12.9. The van der Waals surface area contributed by atoms with Crippen molar-refractivity contribution in [3.05, 3.63) is 77.9 Å². The number of nitrogens with zero attached hydrogens (tertiary/aromatic N) is 2. The van der Waals surface area contributed by atoms with Gasteiger partial charge in [-0.15, -0.1) is 0 Å². The molecule has 1 saturated heterocycles. The molecule has 0 aromatic heterocycles. The number of benzene rings is 2. The molecule has 0 N–H and O–H groups in total. The minimum absolute atomic E-state index is 0.0270. The predicted molar refractivity (Wildman–Crippen MR) is 112 cm³/mol. The number of likely N-dealkylation sites (N-methyl/N-ethyl adjacent to an activating group) is 1. The molecule has 1 aliphatic heterocycles. The summed E-state index contributed by atoms with van der Waals surface area (Å²) in [6, 6.07) is 20.3. The molecular formula is C24H29N2O+. The van der Waals surface area contributed by atoms with E-state index in [2.05, 4.69) is 68.0 Å². The molecule has 1 fully saturated rings. The SMILES string of the molecule is CN1C(=O)[C@H](Cc2ccccc2)/[N+](=C\C=C\c2ccccc2)[C@@H]1C(C)(C)C. The minimum atomic E-state index is -0.179. The van der Waals surface area contributed by atoms with Gasteiger partial charge in [0.1, 0.15) is 0 Å². The summed E-state index contributed by atoms with van der Waals surface area (Å²) in [4.78, 5) is 15.0. The number of hydrogen-bond donors (Lipinski definition) is 0. The van der Waals surface area contributed by atoms with Crippen molar-refractivity contribution in [3.63, 3.8) is 0 Å². The van der Waals surface area contributed by atoms with Crippen molar-refractivity contribution in [1.29, 1.82) is 0 Å². The van der Waals surface area contributed by atoms with E-state index < -0.39 is 0 Å². The van der Waals surface area contributed by atoms with Crippen LogP contribution in [0, 0.1) is 5.41 Å². The second kappa shape index (κ2) is 7.91. The lowest BCUT2D eigenvalue weighted by atomic mass is 9.91. The Bertz CT molecular complexity index is 832. The summed E-state index contributed by atoms with van der Waals surface area (Å²) in [7, 11) is 1.92. The molecule has 140 valence electrons. The number of amides is 1. The Labute approximate surface area is 162 Å². The lowest BCUT2D eigenvalue weighted by Crippen LogP contribution is -2.44. The fourth-order valence-electron chi connectivity index (χ4n) is 3.91. The van der Waals surface area contributed by atoms with E-state index in [1.165, 1.54) is 5.56 Å². The highest BCUT2D eigenvalue weighted by molar-refractivity contribution is 5.84. The van der Waals surface area contributed by atoms with E-state index in [0.29, 0.717) is 6.42 Å². The number of allylic oxidation sites excluding steroid dienone is 1. The number of carbonyl (C=O) groups is 1. The minimum Gasteiger partial charge on any atom is -0.282 e. The van der Waals surface area contributed by atoms with Gasteiger partial charge < -0.3 is 0 Å². The molecule has 1 aliphatic rings. The maximum Gasteiger partial charge on any atom is 0.296 e. The zero-order valence-corrected chi connectivity index (χ0v) is 16.7. The zero-order chi connectivity index (χ0) is 19.4. The zero-order valence-electron chi connectivity index (χ0n) is 16.7. The van der Waals surface area contributed by atoms with Crippen LogP contribution in [-0.2, 0) is 11.2 Å². The molecule has 3 rings (SSSR count). The molecule has 3 heteroatoms. The molecular weight excluding hydrogens is 332 g/mol. The van der Waals surface area contributed by atoms with E-state index >= 15 is 0 Å². The van der Waals surface area contributed by atoms with Gasteiger partial charge in [0.25, 0.3) is 5.91 Å². The van der Waals surface area contributed by atoms with Gasteiger partial charge in [0.2, 0.25) is 12.2 Å². The third-order valence-corrected chi connectivity index (χ3v) is 5.03. The molecule has 27 heavy (non-hydrogen) atoms. The van der Waals surface area contributed by atoms with Gasteiger partial charge in [-0.2, -0.15) is 0 Å². The van der Waals surface area contributed by atoms with Crippen LogP contribution >= 0.6 is 0 Å². The predicted octanol–water partition coefficient (Wildman–Crippen LogP) is 4.24. The van der Waals surface area contributed by atoms with Gasteiger partial charge in [-0.3, -0.25) is 9.69 Å². The van der Waals surface area contributed by atoms with Crippen molar-refractivity contribution in [2.45, 2.75) is 39.4 Å². The Morgan fingerprint density at radius 1 is 1.00 bits per heavy atom. The Morgan fingerprint density at radius 3 is 2.19 bits per heavy atom. The summed E-state index contributed by atoms with van der Waals surface area (Å²) < 4.78 is 2.23. The molecule has 2 atom stereocenters. The van der Waals surface area contributed by atoms with E-state index in [4.69, 9.17) is 0 Å². The average Bonchev–Trinajstić information content (AvgIpc) is 2.88. The van der Waals surface area contributed by atoms with Crippen LogP contribution in [0.15, 0.2) is 66.7 Å². The van der Waals surface area contributed by atoms with Gasteiger partial charge in [-0.1, -0.05) is 81.4 Å². The van der Waals surface area contributed by atoms with Crippen molar-refractivity contribution in [2.75, 3.05) is 7.05 Å². The fraction of sp³-hybridized carbons (Fsp3) is 0.333. The number of hydrogen-bond acceptors (Lipinski definition) is 1. The molecule has 0 radical (unpaired) electrons. The van der Waals surface area contributed by atoms with Crippen LogP contribution in [0.25, 0.3) is 6.08 Å². The van der Waals surface area contributed by atoms with Crippen molar-refractivity contribution >= 4 is 18.2 Å². The van der Waals surface area contributed by atoms with Gasteiger partial charge >= 0.3 is 0 Å². The topological polar surface area (TPSA) is 23.3 Å². The Balaban J connectivity index is 1.95. The van der Waals surface area contributed by atoms with Crippen LogP contribution in [0.2, 0.25) is 0 Å². The van der Waals surface area contributed by atoms with Crippen LogP contribution in [0.4, 0.5) is 0 Å². The second-order valence-electron chi connectivity index (χ2n) is 8.26. The average molecular weight is 362 g/mol. The first-order valence-corrected chi connectivity index (χ1v) is 9.52. The number of rotatable bonds is 4. The van der Waals surface area contributed by atoms with Crippen molar-refractivity contribution < 1.29 is 9.37 Å². The lowest BCUT2D eigenvalue weighted by molar-refractivity contribution is -0.595. The summed E-state index contributed by atoms with van der Waals surface area (Å²) in [5, 5.41) is 0. The van der Waals surface area contributed by atoms with Crippen molar-refractivity contribution in [1.82, 2.24) is 4.90 Å². The molecule has 2 aromatic carbocycles. The molecule has 2 aromatic rings. The summed E-state index contributed by atoms with van der Waals surface area (Å²) >= 11 is 0. The summed E-state index contributed by atoms with van der Waals surface area (Å²) in [5.41, 5.74) is 2.29. The fourth-order valence-corrected chi connectivity index (χ4v) is 3.91. The highest BCUT2D eigenvalue weighted by atomic mass is 16.2. The molecule has 3 nitrogen and oxygen atoms in total. The first-order valence-electron chi connectivity index (χ1n) is 9.52. The maximum atomic E-state index is 13.1. The molecule has 0 spiro atoms.